The minimum atomic E-state index is 0.856. The van der Waals surface area contributed by atoms with Crippen LogP contribution in [0.1, 0.15) is 70.6 Å². The van der Waals surface area contributed by atoms with E-state index >= 15 is 0 Å². The number of hydrogen-bond acceptors (Lipinski definition) is 1. The predicted molar refractivity (Wildman–Crippen MR) is 73.0 cm³/mol. The third-order valence-electron chi connectivity index (χ3n) is 5.66. The average Bonchev–Trinajstić information content (AvgIpc) is 2.89. The van der Waals surface area contributed by atoms with Gasteiger partial charge in [-0.15, -0.1) is 0 Å². The van der Waals surface area contributed by atoms with E-state index in [1.54, 1.807) is 25.7 Å². The summed E-state index contributed by atoms with van der Waals surface area (Å²) in [5.74, 6) is 3.25. The molecule has 0 aliphatic heterocycles. The molecular formula is C16H29N. The van der Waals surface area contributed by atoms with Crippen molar-refractivity contribution in [2.75, 3.05) is 6.54 Å². The molecule has 0 radical (unpaired) electrons. The van der Waals surface area contributed by atoms with Gasteiger partial charge in [-0.1, -0.05) is 38.5 Å². The molecule has 3 rings (SSSR count). The van der Waals surface area contributed by atoms with Gasteiger partial charge >= 0.3 is 0 Å². The van der Waals surface area contributed by atoms with E-state index in [4.69, 9.17) is 0 Å². The Balaban J connectivity index is 1.40. The minimum Gasteiger partial charge on any atom is -0.314 e. The van der Waals surface area contributed by atoms with Gasteiger partial charge in [-0.2, -0.15) is 0 Å². The molecule has 2 bridgehead atoms. The molecule has 0 amide bonds. The molecular weight excluding hydrogens is 206 g/mol. The summed E-state index contributed by atoms with van der Waals surface area (Å²) in [6.45, 7) is 1.34. The molecule has 1 heteroatoms. The lowest BCUT2D eigenvalue weighted by Crippen LogP contribution is -2.35. The van der Waals surface area contributed by atoms with Gasteiger partial charge in [0.05, 0.1) is 0 Å². The van der Waals surface area contributed by atoms with E-state index in [0.29, 0.717) is 0 Å². The second-order valence-electron chi connectivity index (χ2n) is 6.89. The van der Waals surface area contributed by atoms with Gasteiger partial charge in [0.1, 0.15) is 0 Å². The SMILES string of the molecule is C1CCCC(NCC2CC3CCC2C3)CCC1. The van der Waals surface area contributed by atoms with Crippen LogP contribution in [0.4, 0.5) is 0 Å². The van der Waals surface area contributed by atoms with Crippen LogP contribution in [-0.2, 0) is 0 Å². The zero-order chi connectivity index (χ0) is 11.5. The zero-order valence-corrected chi connectivity index (χ0v) is 11.3. The van der Waals surface area contributed by atoms with Crippen LogP contribution in [0.2, 0.25) is 0 Å². The maximum Gasteiger partial charge on any atom is 0.00671 e. The van der Waals surface area contributed by atoms with E-state index in [1.165, 1.54) is 51.5 Å². The van der Waals surface area contributed by atoms with Crippen molar-refractivity contribution in [1.82, 2.24) is 5.32 Å². The maximum absolute atomic E-state index is 3.92. The highest BCUT2D eigenvalue weighted by Gasteiger charge is 2.39. The van der Waals surface area contributed by atoms with Crippen LogP contribution in [0.25, 0.3) is 0 Å². The molecule has 1 N–H and O–H groups in total. The van der Waals surface area contributed by atoms with Gasteiger partial charge < -0.3 is 5.32 Å². The average molecular weight is 235 g/mol. The minimum absolute atomic E-state index is 0.856. The molecule has 1 nitrogen and oxygen atoms in total. The van der Waals surface area contributed by atoms with Crippen molar-refractivity contribution < 1.29 is 0 Å². The Morgan fingerprint density at radius 2 is 1.53 bits per heavy atom. The molecule has 0 aromatic carbocycles. The number of hydrogen-bond donors (Lipinski definition) is 1. The first-order chi connectivity index (χ1) is 8.42. The summed E-state index contributed by atoms with van der Waals surface area (Å²) in [6, 6.07) is 0.856. The zero-order valence-electron chi connectivity index (χ0n) is 11.3. The summed E-state index contributed by atoms with van der Waals surface area (Å²) in [6.07, 6.45) is 16.5. The van der Waals surface area contributed by atoms with E-state index in [9.17, 15) is 0 Å². The normalized spacial score (nSPS) is 39.2. The van der Waals surface area contributed by atoms with E-state index in [1.807, 2.05) is 0 Å². The van der Waals surface area contributed by atoms with Gasteiger partial charge in [-0.25, -0.2) is 0 Å². The Hall–Kier alpha value is -0.0400. The van der Waals surface area contributed by atoms with E-state index in [0.717, 1.165) is 23.8 Å². The van der Waals surface area contributed by atoms with Gasteiger partial charge in [-0.05, 0) is 56.4 Å². The van der Waals surface area contributed by atoms with Crippen molar-refractivity contribution in [3.63, 3.8) is 0 Å². The third kappa shape index (κ3) is 3.05. The lowest BCUT2D eigenvalue weighted by Gasteiger charge is -2.26. The molecule has 3 aliphatic carbocycles. The molecule has 0 spiro atoms. The monoisotopic (exact) mass is 235 g/mol. The first-order valence-corrected chi connectivity index (χ1v) is 8.15. The summed E-state index contributed by atoms with van der Waals surface area (Å²) in [5, 5.41) is 3.92. The van der Waals surface area contributed by atoms with Crippen molar-refractivity contribution >= 4 is 0 Å². The van der Waals surface area contributed by atoms with Crippen LogP contribution in [0, 0.1) is 17.8 Å². The van der Waals surface area contributed by atoms with Crippen LogP contribution >= 0.6 is 0 Å². The van der Waals surface area contributed by atoms with Crippen LogP contribution in [0.3, 0.4) is 0 Å². The fourth-order valence-corrected chi connectivity index (χ4v) is 4.60. The highest BCUT2D eigenvalue weighted by molar-refractivity contribution is 4.91. The Bertz CT molecular complexity index is 230. The van der Waals surface area contributed by atoms with Crippen molar-refractivity contribution in [3.8, 4) is 0 Å². The highest BCUT2D eigenvalue weighted by atomic mass is 14.9. The molecule has 17 heavy (non-hydrogen) atoms. The predicted octanol–water partition coefficient (Wildman–Crippen LogP) is 4.13. The number of fused-ring (bicyclic) bond motifs is 2. The topological polar surface area (TPSA) is 12.0 Å². The smallest absolute Gasteiger partial charge is 0.00671 e. The second kappa shape index (κ2) is 5.73. The van der Waals surface area contributed by atoms with Gasteiger partial charge in [-0.3, -0.25) is 0 Å². The molecule has 0 saturated heterocycles. The van der Waals surface area contributed by atoms with E-state index < -0.39 is 0 Å². The van der Waals surface area contributed by atoms with Crippen molar-refractivity contribution in [3.05, 3.63) is 0 Å². The fourth-order valence-electron chi connectivity index (χ4n) is 4.60. The summed E-state index contributed by atoms with van der Waals surface area (Å²) >= 11 is 0. The van der Waals surface area contributed by atoms with Crippen LogP contribution in [0.5, 0.6) is 0 Å². The van der Waals surface area contributed by atoms with E-state index in [2.05, 4.69) is 5.32 Å². The summed E-state index contributed by atoms with van der Waals surface area (Å²) in [5.41, 5.74) is 0. The highest BCUT2D eigenvalue weighted by Crippen LogP contribution is 2.48. The maximum atomic E-state index is 3.92. The van der Waals surface area contributed by atoms with Gasteiger partial charge in [0.25, 0.3) is 0 Å². The molecule has 0 aromatic heterocycles. The van der Waals surface area contributed by atoms with Crippen molar-refractivity contribution in [1.29, 1.82) is 0 Å². The summed E-state index contributed by atoms with van der Waals surface area (Å²) in [7, 11) is 0. The van der Waals surface area contributed by atoms with Crippen LogP contribution < -0.4 is 5.32 Å². The lowest BCUT2D eigenvalue weighted by atomic mass is 9.88. The Labute approximate surface area is 107 Å². The first kappa shape index (κ1) is 12.0. The molecule has 3 fully saturated rings. The standard InChI is InChI=1S/C16H29N/c1-2-4-6-16(7-5-3-1)17-12-15-11-13-8-9-14(15)10-13/h13-17H,1-12H2. The van der Waals surface area contributed by atoms with Crippen LogP contribution in [0.15, 0.2) is 0 Å². The van der Waals surface area contributed by atoms with Crippen molar-refractivity contribution in [2.24, 2.45) is 17.8 Å². The third-order valence-corrected chi connectivity index (χ3v) is 5.66. The molecule has 3 aliphatic rings. The molecule has 3 unspecified atom stereocenters. The Morgan fingerprint density at radius 1 is 0.765 bits per heavy atom. The number of nitrogens with one attached hydrogen (secondary N) is 1. The molecule has 98 valence electrons. The second-order valence-corrected chi connectivity index (χ2v) is 6.89. The molecule has 3 saturated carbocycles. The molecule has 0 aromatic rings. The van der Waals surface area contributed by atoms with Gasteiger partial charge in [0, 0.05) is 6.04 Å². The molecule has 0 heterocycles. The van der Waals surface area contributed by atoms with Crippen LogP contribution in [-0.4, -0.2) is 12.6 Å². The fraction of sp³-hybridized carbons (Fsp3) is 1.00. The first-order valence-electron chi connectivity index (χ1n) is 8.15. The summed E-state index contributed by atoms with van der Waals surface area (Å²) in [4.78, 5) is 0. The van der Waals surface area contributed by atoms with E-state index in [-0.39, 0.29) is 0 Å². The Kier molecular flexibility index (Phi) is 4.05. The van der Waals surface area contributed by atoms with Crippen molar-refractivity contribution in [2.45, 2.75) is 76.7 Å². The summed E-state index contributed by atoms with van der Waals surface area (Å²) < 4.78 is 0. The quantitative estimate of drug-likeness (QED) is 0.775. The van der Waals surface area contributed by atoms with Gasteiger partial charge in [0.15, 0.2) is 0 Å². The number of rotatable bonds is 3. The molecule has 3 atom stereocenters. The largest absolute Gasteiger partial charge is 0.314 e. The lowest BCUT2D eigenvalue weighted by molar-refractivity contribution is 0.290. The van der Waals surface area contributed by atoms with Gasteiger partial charge in [0.2, 0.25) is 0 Å². The Morgan fingerprint density at radius 3 is 2.18 bits per heavy atom.